The van der Waals surface area contributed by atoms with E-state index >= 15 is 0 Å². The second-order valence-electron chi connectivity index (χ2n) is 3.98. The molecule has 0 saturated carbocycles. The number of hydrogen-bond acceptors (Lipinski definition) is 4. The molecule has 0 spiro atoms. The molecule has 0 radical (unpaired) electrons. The van der Waals surface area contributed by atoms with Crippen molar-refractivity contribution in [1.82, 2.24) is 0 Å². The zero-order valence-corrected chi connectivity index (χ0v) is 10.1. The number of carbonyl (C=O) groups excluding carboxylic acids is 1. The summed E-state index contributed by atoms with van der Waals surface area (Å²) in [4.78, 5) is 22.6. The molecule has 100 valence electrons. The van der Waals surface area contributed by atoms with E-state index in [0.717, 1.165) is 11.1 Å². The van der Waals surface area contributed by atoms with Crippen LogP contribution >= 0.6 is 0 Å². The third-order valence-electron chi connectivity index (χ3n) is 2.65. The van der Waals surface area contributed by atoms with Gasteiger partial charge in [0.1, 0.15) is 6.61 Å². The molecule has 1 aromatic carbocycles. The van der Waals surface area contributed by atoms with Crippen LogP contribution in [0.4, 0.5) is 10.5 Å². The maximum Gasteiger partial charge on any atom is 0.411 e. The standard InChI is InChI=1S/C13H13NO5/c1-2-3-19-13(17)14-11-5-9-7-18-6-8(9)4-10(11)12(15)16/h2,4-5H,1,3,6-7H2,(H,14,17)(H,15,16). The Labute approximate surface area is 109 Å². The lowest BCUT2D eigenvalue weighted by Crippen LogP contribution is -2.16. The maximum absolute atomic E-state index is 11.4. The highest BCUT2D eigenvalue weighted by atomic mass is 16.5. The van der Waals surface area contributed by atoms with Gasteiger partial charge in [-0.1, -0.05) is 12.7 Å². The van der Waals surface area contributed by atoms with E-state index in [-0.39, 0.29) is 17.9 Å². The minimum absolute atomic E-state index is 0.0137. The van der Waals surface area contributed by atoms with Gasteiger partial charge in [0.25, 0.3) is 0 Å². The first-order chi connectivity index (χ1) is 9.11. The first-order valence-corrected chi connectivity index (χ1v) is 5.63. The van der Waals surface area contributed by atoms with Crippen molar-refractivity contribution < 1.29 is 24.2 Å². The predicted molar refractivity (Wildman–Crippen MR) is 67.1 cm³/mol. The summed E-state index contributed by atoms with van der Waals surface area (Å²) in [6, 6.07) is 3.11. The third-order valence-corrected chi connectivity index (χ3v) is 2.65. The Morgan fingerprint density at radius 2 is 2.11 bits per heavy atom. The number of anilines is 1. The van der Waals surface area contributed by atoms with Crippen LogP contribution in [-0.4, -0.2) is 23.8 Å². The van der Waals surface area contributed by atoms with Crippen molar-refractivity contribution in [2.24, 2.45) is 0 Å². The van der Waals surface area contributed by atoms with Crippen LogP contribution in [0.25, 0.3) is 0 Å². The Hall–Kier alpha value is -2.34. The number of fused-ring (bicyclic) bond motifs is 1. The predicted octanol–water partition coefficient (Wildman–Crippen LogP) is 2.15. The highest BCUT2D eigenvalue weighted by Gasteiger charge is 2.20. The van der Waals surface area contributed by atoms with Crippen LogP contribution in [0.5, 0.6) is 0 Å². The molecule has 0 aromatic heterocycles. The van der Waals surface area contributed by atoms with E-state index in [1.54, 1.807) is 6.07 Å². The van der Waals surface area contributed by atoms with E-state index in [2.05, 4.69) is 11.9 Å². The molecule has 6 heteroatoms. The topological polar surface area (TPSA) is 84.9 Å². The zero-order chi connectivity index (χ0) is 13.8. The average molecular weight is 263 g/mol. The van der Waals surface area contributed by atoms with E-state index in [9.17, 15) is 9.59 Å². The van der Waals surface area contributed by atoms with Crippen LogP contribution in [-0.2, 0) is 22.7 Å². The average Bonchev–Trinajstić information content (AvgIpc) is 2.82. The highest BCUT2D eigenvalue weighted by Crippen LogP contribution is 2.27. The molecule has 0 atom stereocenters. The number of rotatable bonds is 4. The molecule has 2 N–H and O–H groups in total. The number of ether oxygens (including phenoxy) is 2. The number of benzene rings is 1. The van der Waals surface area contributed by atoms with Crippen LogP contribution < -0.4 is 5.32 Å². The Kier molecular flexibility index (Phi) is 3.82. The summed E-state index contributed by atoms with van der Waals surface area (Å²) in [7, 11) is 0. The summed E-state index contributed by atoms with van der Waals surface area (Å²) in [5, 5.41) is 11.5. The normalized spacial score (nSPS) is 12.6. The second-order valence-corrected chi connectivity index (χ2v) is 3.98. The molecule has 0 bridgehead atoms. The Bertz CT molecular complexity index is 538. The van der Waals surface area contributed by atoms with Crippen molar-refractivity contribution in [3.8, 4) is 0 Å². The molecule has 1 aromatic rings. The van der Waals surface area contributed by atoms with Crippen LogP contribution in [0, 0.1) is 0 Å². The monoisotopic (exact) mass is 263 g/mol. The highest BCUT2D eigenvalue weighted by molar-refractivity contribution is 5.99. The molecule has 1 aliphatic rings. The quantitative estimate of drug-likeness (QED) is 0.813. The number of carboxylic acids is 1. The van der Waals surface area contributed by atoms with Gasteiger partial charge in [0, 0.05) is 0 Å². The van der Waals surface area contributed by atoms with Crippen molar-refractivity contribution in [2.45, 2.75) is 13.2 Å². The lowest BCUT2D eigenvalue weighted by atomic mass is 10.0. The largest absolute Gasteiger partial charge is 0.478 e. The van der Waals surface area contributed by atoms with Gasteiger partial charge in [-0.3, -0.25) is 5.32 Å². The summed E-state index contributed by atoms with van der Waals surface area (Å²) in [5.74, 6) is -1.12. The fourth-order valence-corrected chi connectivity index (χ4v) is 1.79. The number of carbonyl (C=O) groups is 2. The third kappa shape index (κ3) is 2.92. The summed E-state index contributed by atoms with van der Waals surface area (Å²) in [6.45, 7) is 4.27. The van der Waals surface area contributed by atoms with E-state index < -0.39 is 12.1 Å². The van der Waals surface area contributed by atoms with Crippen LogP contribution in [0.3, 0.4) is 0 Å². The van der Waals surface area contributed by atoms with Gasteiger partial charge in [-0.2, -0.15) is 0 Å². The molecular formula is C13H13NO5. The molecule has 0 unspecified atom stereocenters. The minimum Gasteiger partial charge on any atom is -0.478 e. The summed E-state index contributed by atoms with van der Waals surface area (Å²) in [5.41, 5.74) is 1.90. The van der Waals surface area contributed by atoms with E-state index in [1.165, 1.54) is 12.1 Å². The zero-order valence-electron chi connectivity index (χ0n) is 10.1. The lowest BCUT2D eigenvalue weighted by Gasteiger charge is -2.10. The number of carboxylic acid groups (broad SMARTS) is 1. The Morgan fingerprint density at radius 3 is 2.74 bits per heavy atom. The van der Waals surface area contributed by atoms with E-state index in [1.807, 2.05) is 0 Å². The first kappa shape index (κ1) is 13.1. The van der Waals surface area contributed by atoms with Gasteiger partial charge in [0.05, 0.1) is 24.5 Å². The summed E-state index contributed by atoms with van der Waals surface area (Å²) >= 11 is 0. The number of nitrogens with one attached hydrogen (secondary N) is 1. The summed E-state index contributed by atoms with van der Waals surface area (Å²) < 4.78 is 9.98. The molecule has 0 fully saturated rings. The van der Waals surface area contributed by atoms with Crippen molar-refractivity contribution in [3.05, 3.63) is 41.5 Å². The molecule has 0 saturated heterocycles. The van der Waals surface area contributed by atoms with Gasteiger partial charge in [-0.25, -0.2) is 9.59 Å². The Morgan fingerprint density at radius 1 is 1.42 bits per heavy atom. The number of amides is 1. The fourth-order valence-electron chi connectivity index (χ4n) is 1.79. The molecular weight excluding hydrogens is 250 g/mol. The van der Waals surface area contributed by atoms with Gasteiger partial charge in [0.15, 0.2) is 0 Å². The van der Waals surface area contributed by atoms with Crippen LogP contribution in [0.2, 0.25) is 0 Å². The maximum atomic E-state index is 11.4. The SMILES string of the molecule is C=CCOC(=O)Nc1cc2c(cc1C(=O)O)COC2. The smallest absolute Gasteiger partial charge is 0.411 e. The number of aromatic carboxylic acids is 1. The van der Waals surface area contributed by atoms with Gasteiger partial charge >= 0.3 is 12.1 Å². The van der Waals surface area contributed by atoms with Crippen molar-refractivity contribution >= 4 is 17.7 Å². The molecule has 1 heterocycles. The molecule has 2 rings (SSSR count). The van der Waals surface area contributed by atoms with E-state index in [4.69, 9.17) is 14.6 Å². The van der Waals surface area contributed by atoms with Crippen molar-refractivity contribution in [3.63, 3.8) is 0 Å². The van der Waals surface area contributed by atoms with Gasteiger partial charge < -0.3 is 14.6 Å². The van der Waals surface area contributed by atoms with E-state index in [0.29, 0.717) is 13.2 Å². The number of hydrogen-bond donors (Lipinski definition) is 2. The van der Waals surface area contributed by atoms with Gasteiger partial charge in [-0.05, 0) is 23.3 Å². The van der Waals surface area contributed by atoms with Crippen molar-refractivity contribution in [2.75, 3.05) is 11.9 Å². The molecule has 19 heavy (non-hydrogen) atoms. The first-order valence-electron chi connectivity index (χ1n) is 5.63. The molecule has 6 nitrogen and oxygen atoms in total. The van der Waals surface area contributed by atoms with Crippen molar-refractivity contribution in [1.29, 1.82) is 0 Å². The Balaban J connectivity index is 2.25. The summed E-state index contributed by atoms with van der Waals surface area (Å²) in [6.07, 6.45) is 0.704. The molecule has 1 amide bonds. The minimum atomic E-state index is -1.12. The van der Waals surface area contributed by atoms with Crippen LogP contribution in [0.1, 0.15) is 21.5 Å². The fraction of sp³-hybridized carbons (Fsp3) is 0.231. The van der Waals surface area contributed by atoms with Crippen LogP contribution in [0.15, 0.2) is 24.8 Å². The lowest BCUT2D eigenvalue weighted by molar-refractivity contribution is 0.0698. The van der Waals surface area contributed by atoms with Gasteiger partial charge in [0.2, 0.25) is 0 Å². The molecule has 0 aliphatic carbocycles. The molecule has 1 aliphatic heterocycles. The van der Waals surface area contributed by atoms with Gasteiger partial charge in [-0.15, -0.1) is 0 Å². The second kappa shape index (κ2) is 5.53.